The van der Waals surface area contributed by atoms with Gasteiger partial charge in [0.2, 0.25) is 0 Å². The second-order valence-corrected chi connectivity index (χ2v) is 5.81. The van der Waals surface area contributed by atoms with E-state index >= 15 is 0 Å². The Morgan fingerprint density at radius 2 is 2.05 bits per heavy atom. The van der Waals surface area contributed by atoms with Crippen molar-refractivity contribution < 1.29 is 9.90 Å². The molecule has 4 heteroatoms. The second kappa shape index (κ2) is 4.94. The summed E-state index contributed by atoms with van der Waals surface area (Å²) in [5.74, 6) is -0.732. The molecule has 0 bridgehead atoms. The molecule has 3 rings (SSSR count). The first-order valence-electron chi connectivity index (χ1n) is 7.15. The Balaban J connectivity index is 1.95. The van der Waals surface area contributed by atoms with Crippen molar-refractivity contribution in [1.82, 2.24) is 9.88 Å². The molecular formula is C16H20N2O2. The van der Waals surface area contributed by atoms with E-state index in [9.17, 15) is 9.90 Å². The minimum atomic E-state index is -0.818. The number of aromatic nitrogens is 1. The van der Waals surface area contributed by atoms with Crippen molar-refractivity contribution in [3.63, 3.8) is 0 Å². The number of likely N-dealkylation sites (tertiary alicyclic amines) is 1. The van der Waals surface area contributed by atoms with Crippen LogP contribution in [0.15, 0.2) is 30.5 Å². The lowest BCUT2D eigenvalue weighted by Crippen LogP contribution is -2.52. The summed E-state index contributed by atoms with van der Waals surface area (Å²) in [4.78, 5) is 17.2. The highest BCUT2D eigenvalue weighted by molar-refractivity contribution is 5.85. The van der Waals surface area contributed by atoms with Gasteiger partial charge in [-0.3, -0.25) is 9.69 Å². The van der Waals surface area contributed by atoms with Crippen LogP contribution in [0.5, 0.6) is 0 Å². The zero-order valence-corrected chi connectivity index (χ0v) is 11.7. The van der Waals surface area contributed by atoms with Gasteiger partial charge in [-0.25, -0.2) is 0 Å². The van der Waals surface area contributed by atoms with Crippen LogP contribution in [0.4, 0.5) is 0 Å². The Morgan fingerprint density at radius 1 is 1.35 bits per heavy atom. The van der Waals surface area contributed by atoms with E-state index in [1.54, 1.807) is 0 Å². The molecule has 2 N–H and O–H groups in total. The van der Waals surface area contributed by atoms with Gasteiger partial charge >= 0.3 is 5.97 Å². The third-order valence-corrected chi connectivity index (χ3v) is 4.47. The number of fused-ring (bicyclic) bond motifs is 1. The van der Waals surface area contributed by atoms with E-state index in [4.69, 9.17) is 0 Å². The lowest BCUT2D eigenvalue weighted by atomic mass is 9.91. The molecule has 4 nitrogen and oxygen atoms in total. The second-order valence-electron chi connectivity index (χ2n) is 5.81. The fourth-order valence-corrected chi connectivity index (χ4v) is 3.18. The van der Waals surface area contributed by atoms with Crippen LogP contribution in [0.3, 0.4) is 0 Å². The van der Waals surface area contributed by atoms with Gasteiger partial charge in [-0.15, -0.1) is 0 Å². The molecule has 0 spiro atoms. The Labute approximate surface area is 118 Å². The Morgan fingerprint density at radius 3 is 2.75 bits per heavy atom. The maximum atomic E-state index is 11.8. The van der Waals surface area contributed by atoms with Crippen molar-refractivity contribution in [2.45, 2.75) is 31.7 Å². The average Bonchev–Trinajstić information content (AvgIpc) is 3.08. The number of H-pyrrole nitrogens is 1. The average molecular weight is 272 g/mol. The molecule has 1 unspecified atom stereocenters. The Hall–Kier alpha value is -1.81. The first-order valence-corrected chi connectivity index (χ1v) is 7.15. The fraction of sp³-hybridized carbons (Fsp3) is 0.438. The number of hydrogen-bond donors (Lipinski definition) is 2. The molecule has 1 fully saturated rings. The predicted octanol–water partition coefficient (Wildman–Crippen LogP) is 2.65. The normalized spacial score (nSPS) is 19.2. The number of para-hydroxylation sites is 1. The third-order valence-electron chi connectivity index (χ3n) is 4.47. The first kappa shape index (κ1) is 13.2. The van der Waals surface area contributed by atoms with Crippen LogP contribution in [-0.2, 0) is 11.2 Å². The van der Waals surface area contributed by atoms with Gasteiger partial charge in [-0.2, -0.15) is 0 Å². The van der Waals surface area contributed by atoms with Crippen molar-refractivity contribution in [2.75, 3.05) is 13.1 Å². The summed E-state index contributed by atoms with van der Waals surface area (Å²) in [6.07, 6.45) is 4.67. The fourth-order valence-electron chi connectivity index (χ4n) is 3.18. The van der Waals surface area contributed by atoms with Crippen molar-refractivity contribution in [2.24, 2.45) is 0 Å². The third kappa shape index (κ3) is 2.10. The summed E-state index contributed by atoms with van der Waals surface area (Å²) in [5, 5.41) is 10.8. The minimum Gasteiger partial charge on any atom is -0.480 e. The number of aliphatic carboxylic acids is 1. The van der Waals surface area contributed by atoms with Gasteiger partial charge in [0.15, 0.2) is 0 Å². The molecule has 0 aliphatic carbocycles. The molecule has 2 heterocycles. The van der Waals surface area contributed by atoms with E-state index in [1.807, 2.05) is 37.4 Å². The maximum Gasteiger partial charge on any atom is 0.324 e. The summed E-state index contributed by atoms with van der Waals surface area (Å²) in [5.41, 5.74) is 1.33. The van der Waals surface area contributed by atoms with Crippen LogP contribution in [0.25, 0.3) is 10.9 Å². The van der Waals surface area contributed by atoms with Crippen LogP contribution >= 0.6 is 0 Å². The van der Waals surface area contributed by atoms with Crippen LogP contribution in [0, 0.1) is 0 Å². The van der Waals surface area contributed by atoms with Crippen LogP contribution < -0.4 is 0 Å². The number of nitrogens with zero attached hydrogens (tertiary/aromatic N) is 1. The molecular weight excluding hydrogens is 252 g/mol. The van der Waals surface area contributed by atoms with Crippen molar-refractivity contribution in [1.29, 1.82) is 0 Å². The highest BCUT2D eigenvalue weighted by atomic mass is 16.4. The molecule has 1 aromatic carbocycles. The number of rotatable bonds is 4. The van der Waals surface area contributed by atoms with E-state index in [-0.39, 0.29) is 0 Å². The van der Waals surface area contributed by atoms with E-state index in [1.165, 1.54) is 0 Å². The molecule has 1 saturated heterocycles. The minimum absolute atomic E-state index is 0.534. The van der Waals surface area contributed by atoms with E-state index in [0.29, 0.717) is 6.42 Å². The van der Waals surface area contributed by atoms with E-state index < -0.39 is 11.5 Å². The number of carbonyl (C=O) groups is 1. The van der Waals surface area contributed by atoms with Crippen LogP contribution in [0.1, 0.15) is 25.3 Å². The molecule has 2 aromatic rings. The molecule has 0 saturated carbocycles. The maximum absolute atomic E-state index is 11.8. The molecule has 1 aromatic heterocycles. The summed E-state index contributed by atoms with van der Waals surface area (Å²) < 4.78 is 0. The number of aromatic amines is 1. The first-order chi connectivity index (χ1) is 9.61. The standard InChI is InChI=1S/C16H20N2O2/c1-16(15(19)20,18-8-4-5-9-18)10-12-11-17-14-7-3-2-6-13(12)14/h2-3,6-7,11,17H,4-5,8-10H2,1H3,(H,19,20). The highest BCUT2D eigenvalue weighted by Gasteiger charge is 2.41. The predicted molar refractivity (Wildman–Crippen MR) is 78.9 cm³/mol. The molecule has 106 valence electrons. The number of carboxylic acid groups (broad SMARTS) is 1. The summed E-state index contributed by atoms with van der Waals surface area (Å²) in [6.45, 7) is 3.61. The van der Waals surface area contributed by atoms with Crippen molar-refractivity contribution in [3.05, 3.63) is 36.0 Å². The van der Waals surface area contributed by atoms with Gasteiger partial charge in [-0.1, -0.05) is 18.2 Å². The van der Waals surface area contributed by atoms with Gasteiger partial charge in [0.05, 0.1) is 0 Å². The van der Waals surface area contributed by atoms with Crippen LogP contribution in [0.2, 0.25) is 0 Å². The number of benzene rings is 1. The zero-order valence-electron chi connectivity index (χ0n) is 11.7. The summed E-state index contributed by atoms with van der Waals surface area (Å²) in [7, 11) is 0. The lowest BCUT2D eigenvalue weighted by Gasteiger charge is -2.34. The van der Waals surface area contributed by atoms with Gasteiger partial charge < -0.3 is 10.1 Å². The molecule has 1 aliphatic rings. The summed E-state index contributed by atoms with van der Waals surface area (Å²) >= 11 is 0. The zero-order chi connectivity index (χ0) is 14.2. The molecule has 0 amide bonds. The molecule has 1 aliphatic heterocycles. The van der Waals surface area contributed by atoms with Gasteiger partial charge in [-0.05, 0) is 44.5 Å². The van der Waals surface area contributed by atoms with Gasteiger partial charge in [0.25, 0.3) is 0 Å². The van der Waals surface area contributed by atoms with E-state index in [2.05, 4.69) is 9.88 Å². The van der Waals surface area contributed by atoms with E-state index in [0.717, 1.165) is 42.4 Å². The Bertz CT molecular complexity index is 628. The summed E-state index contributed by atoms with van der Waals surface area (Å²) in [6, 6.07) is 8.05. The topological polar surface area (TPSA) is 56.3 Å². The number of hydrogen-bond acceptors (Lipinski definition) is 2. The van der Waals surface area contributed by atoms with Crippen LogP contribution in [-0.4, -0.2) is 39.6 Å². The monoisotopic (exact) mass is 272 g/mol. The largest absolute Gasteiger partial charge is 0.480 e. The Kier molecular flexibility index (Phi) is 3.26. The van der Waals surface area contributed by atoms with Gasteiger partial charge in [0.1, 0.15) is 5.54 Å². The van der Waals surface area contributed by atoms with Crippen molar-refractivity contribution >= 4 is 16.9 Å². The molecule has 20 heavy (non-hydrogen) atoms. The molecule has 0 radical (unpaired) electrons. The SMILES string of the molecule is CC(Cc1c[nH]c2ccccc12)(C(=O)O)N1CCCC1. The smallest absolute Gasteiger partial charge is 0.324 e. The number of carboxylic acids is 1. The van der Waals surface area contributed by atoms with Gasteiger partial charge in [0, 0.05) is 23.5 Å². The number of nitrogens with one attached hydrogen (secondary N) is 1. The lowest BCUT2D eigenvalue weighted by molar-refractivity contribution is -0.149. The highest BCUT2D eigenvalue weighted by Crippen LogP contribution is 2.29. The molecule has 1 atom stereocenters. The quantitative estimate of drug-likeness (QED) is 0.899. The van der Waals surface area contributed by atoms with Crippen molar-refractivity contribution in [3.8, 4) is 0 Å².